The molecule has 0 amide bonds. The van der Waals surface area contributed by atoms with Crippen molar-refractivity contribution in [3.05, 3.63) is 63.1 Å². The van der Waals surface area contributed by atoms with Crippen molar-refractivity contribution in [2.75, 3.05) is 23.3 Å². The number of hydrogen-bond donors (Lipinski definition) is 1. The van der Waals surface area contributed by atoms with Gasteiger partial charge in [0.2, 0.25) is 0 Å². The van der Waals surface area contributed by atoms with Gasteiger partial charge in [-0.05, 0) is 25.3 Å². The number of piperidine rings is 1. The normalized spacial score (nSPS) is 15.2. The summed E-state index contributed by atoms with van der Waals surface area (Å²) in [5, 5.41) is 15.1. The number of halogens is 2. The molecule has 8 heteroatoms. The summed E-state index contributed by atoms with van der Waals surface area (Å²) < 4.78 is 14.1. The molecule has 1 aliphatic heterocycles. The van der Waals surface area contributed by atoms with Gasteiger partial charge in [0.05, 0.1) is 9.95 Å². The Morgan fingerprint density at radius 3 is 2.82 bits per heavy atom. The summed E-state index contributed by atoms with van der Waals surface area (Å²) in [6.45, 7) is 3.22. The maximum Gasteiger partial charge on any atom is 0.292 e. The summed E-state index contributed by atoms with van der Waals surface area (Å²) in [6, 6.07) is 6.38. The van der Waals surface area contributed by atoms with Crippen LogP contribution in [0.1, 0.15) is 31.7 Å². The van der Waals surface area contributed by atoms with Gasteiger partial charge in [0.25, 0.3) is 5.69 Å². The van der Waals surface area contributed by atoms with Gasteiger partial charge in [-0.2, -0.15) is 0 Å². The van der Waals surface area contributed by atoms with E-state index in [0.29, 0.717) is 37.4 Å². The number of anilines is 2. The lowest BCUT2D eigenvalue weighted by Gasteiger charge is -2.33. The van der Waals surface area contributed by atoms with Crippen molar-refractivity contribution in [2.45, 2.75) is 32.2 Å². The molecule has 0 radical (unpaired) electrons. The number of aromatic nitrogens is 1. The molecular weight excluding hydrogens is 383 g/mol. The number of allylic oxidation sites excluding steroid dienone is 1. The van der Waals surface area contributed by atoms with E-state index < -0.39 is 5.82 Å². The Kier molecular flexibility index (Phi) is 6.46. The Hall–Kier alpha value is -2.67. The lowest BCUT2D eigenvalue weighted by molar-refractivity contribution is -0.384. The molecular formula is C20H22ClFN4O2. The highest BCUT2D eigenvalue weighted by Gasteiger charge is 2.25. The lowest BCUT2D eigenvalue weighted by Crippen LogP contribution is -2.40. The van der Waals surface area contributed by atoms with E-state index >= 15 is 0 Å². The van der Waals surface area contributed by atoms with Crippen molar-refractivity contribution in [1.82, 2.24) is 4.98 Å². The minimum Gasteiger partial charge on any atom is -0.376 e. The van der Waals surface area contributed by atoms with E-state index in [2.05, 4.69) is 10.3 Å². The van der Waals surface area contributed by atoms with Crippen molar-refractivity contribution in [3.8, 4) is 0 Å². The van der Waals surface area contributed by atoms with Gasteiger partial charge < -0.3 is 10.2 Å². The first-order valence-electron chi connectivity index (χ1n) is 9.26. The van der Waals surface area contributed by atoms with Crippen molar-refractivity contribution in [3.63, 3.8) is 0 Å². The van der Waals surface area contributed by atoms with Gasteiger partial charge in [-0.25, -0.2) is 9.37 Å². The minimum atomic E-state index is -0.440. The van der Waals surface area contributed by atoms with Crippen molar-refractivity contribution >= 4 is 34.9 Å². The van der Waals surface area contributed by atoms with Crippen LogP contribution in [0, 0.1) is 15.9 Å². The van der Waals surface area contributed by atoms with Crippen LogP contribution >= 0.6 is 11.6 Å². The zero-order valence-corrected chi connectivity index (χ0v) is 16.3. The van der Waals surface area contributed by atoms with E-state index in [-0.39, 0.29) is 21.7 Å². The van der Waals surface area contributed by atoms with E-state index in [1.165, 1.54) is 18.3 Å². The zero-order chi connectivity index (χ0) is 20.1. The second-order valence-electron chi connectivity index (χ2n) is 6.67. The zero-order valence-electron chi connectivity index (χ0n) is 15.6. The van der Waals surface area contributed by atoms with Crippen LogP contribution in [0.25, 0.3) is 6.08 Å². The van der Waals surface area contributed by atoms with Gasteiger partial charge in [0.1, 0.15) is 5.69 Å². The van der Waals surface area contributed by atoms with E-state index in [4.69, 9.17) is 11.6 Å². The molecule has 148 valence electrons. The number of rotatable bonds is 6. The molecule has 1 aromatic heterocycles. The predicted octanol–water partition coefficient (Wildman–Crippen LogP) is 5.29. The second kappa shape index (κ2) is 9.01. The first-order chi connectivity index (χ1) is 13.5. The predicted molar refractivity (Wildman–Crippen MR) is 110 cm³/mol. The molecule has 28 heavy (non-hydrogen) atoms. The Labute approximate surface area is 168 Å². The van der Waals surface area contributed by atoms with E-state index in [1.807, 2.05) is 30.0 Å². The number of nitro groups is 1. The number of benzene rings is 1. The molecule has 0 aliphatic carbocycles. The van der Waals surface area contributed by atoms with Crippen molar-refractivity contribution < 1.29 is 9.31 Å². The first-order valence-corrected chi connectivity index (χ1v) is 9.64. The molecule has 1 fully saturated rings. The standard InChI is InChI=1S/C20H22ClFN4O2/c1-2-3-5-14-6-4-7-18(26(27)28)19(14)24-16-8-10-25(11-9-16)20-17(22)12-15(21)13-23-20/h3-7,12-13,16,24H,2,8-11H2,1H3/b5-3+. The fourth-order valence-electron chi connectivity index (χ4n) is 3.33. The van der Waals surface area contributed by atoms with Crippen molar-refractivity contribution in [2.24, 2.45) is 0 Å². The highest BCUT2D eigenvalue weighted by Crippen LogP contribution is 2.32. The molecule has 1 N–H and O–H groups in total. The number of para-hydroxylation sites is 1. The summed E-state index contributed by atoms with van der Waals surface area (Å²) in [5.41, 5.74) is 1.39. The molecule has 1 saturated heterocycles. The molecule has 0 spiro atoms. The minimum absolute atomic E-state index is 0.0569. The molecule has 0 bridgehead atoms. The number of nitro benzene ring substituents is 1. The largest absolute Gasteiger partial charge is 0.376 e. The summed E-state index contributed by atoms with van der Waals surface area (Å²) >= 11 is 5.77. The topological polar surface area (TPSA) is 71.3 Å². The monoisotopic (exact) mass is 404 g/mol. The van der Waals surface area contributed by atoms with Crippen LogP contribution in [-0.4, -0.2) is 29.0 Å². The Bertz CT molecular complexity index is 883. The van der Waals surface area contributed by atoms with Crippen LogP contribution < -0.4 is 10.2 Å². The maximum atomic E-state index is 14.1. The second-order valence-corrected chi connectivity index (χ2v) is 7.11. The molecule has 3 rings (SSSR count). The molecule has 6 nitrogen and oxygen atoms in total. The Morgan fingerprint density at radius 1 is 1.43 bits per heavy atom. The average Bonchev–Trinajstić information content (AvgIpc) is 2.67. The van der Waals surface area contributed by atoms with Gasteiger partial charge in [0.15, 0.2) is 11.6 Å². The van der Waals surface area contributed by atoms with Gasteiger partial charge in [0, 0.05) is 37.0 Å². The van der Waals surface area contributed by atoms with Crippen LogP contribution in [0.3, 0.4) is 0 Å². The molecule has 0 unspecified atom stereocenters. The quantitative estimate of drug-likeness (QED) is 0.523. The van der Waals surface area contributed by atoms with Crippen LogP contribution in [-0.2, 0) is 0 Å². The summed E-state index contributed by atoms with van der Waals surface area (Å²) in [6.07, 6.45) is 7.59. The highest BCUT2D eigenvalue weighted by molar-refractivity contribution is 6.30. The van der Waals surface area contributed by atoms with Crippen LogP contribution in [0.5, 0.6) is 0 Å². The number of nitrogens with zero attached hydrogens (tertiary/aromatic N) is 3. The first kappa shape index (κ1) is 20.1. The SMILES string of the molecule is CC/C=C/c1cccc([N+](=O)[O-])c1NC1CCN(c2ncc(Cl)cc2F)CC1. The van der Waals surface area contributed by atoms with Crippen LogP contribution in [0.2, 0.25) is 5.02 Å². The molecule has 0 atom stereocenters. The molecule has 1 aromatic carbocycles. The third-order valence-corrected chi connectivity index (χ3v) is 4.94. The highest BCUT2D eigenvalue weighted by atomic mass is 35.5. The Morgan fingerprint density at radius 2 is 2.18 bits per heavy atom. The molecule has 0 saturated carbocycles. The smallest absolute Gasteiger partial charge is 0.292 e. The lowest BCUT2D eigenvalue weighted by atomic mass is 10.0. The molecule has 2 heterocycles. The average molecular weight is 405 g/mol. The van der Waals surface area contributed by atoms with Gasteiger partial charge in [-0.1, -0.05) is 42.8 Å². The third-order valence-electron chi connectivity index (χ3n) is 4.74. The third kappa shape index (κ3) is 4.59. The van der Waals surface area contributed by atoms with Crippen LogP contribution in [0.4, 0.5) is 21.6 Å². The van der Waals surface area contributed by atoms with Gasteiger partial charge in [-0.3, -0.25) is 10.1 Å². The van der Waals surface area contributed by atoms with E-state index in [0.717, 1.165) is 12.0 Å². The number of pyridine rings is 1. The molecule has 1 aliphatic rings. The number of hydrogen-bond acceptors (Lipinski definition) is 5. The number of nitrogens with one attached hydrogen (secondary N) is 1. The Balaban J connectivity index is 1.74. The van der Waals surface area contributed by atoms with Crippen molar-refractivity contribution in [1.29, 1.82) is 0 Å². The molecule has 2 aromatic rings. The van der Waals surface area contributed by atoms with Gasteiger partial charge >= 0.3 is 0 Å². The van der Waals surface area contributed by atoms with E-state index in [1.54, 1.807) is 6.07 Å². The fraction of sp³-hybridized carbons (Fsp3) is 0.350. The summed E-state index contributed by atoms with van der Waals surface area (Å²) in [4.78, 5) is 17.1. The summed E-state index contributed by atoms with van der Waals surface area (Å²) in [5.74, 6) is -0.148. The summed E-state index contributed by atoms with van der Waals surface area (Å²) in [7, 11) is 0. The maximum absolute atomic E-state index is 14.1. The fourth-order valence-corrected chi connectivity index (χ4v) is 3.47. The van der Waals surface area contributed by atoms with Crippen LogP contribution in [0.15, 0.2) is 36.5 Å². The van der Waals surface area contributed by atoms with E-state index in [9.17, 15) is 14.5 Å². The van der Waals surface area contributed by atoms with Gasteiger partial charge in [-0.15, -0.1) is 0 Å².